The van der Waals surface area contributed by atoms with E-state index in [2.05, 4.69) is 32.2 Å². The number of halogens is 2. The van der Waals surface area contributed by atoms with E-state index in [0.29, 0.717) is 16.3 Å². The van der Waals surface area contributed by atoms with Gasteiger partial charge in [-0.3, -0.25) is 4.79 Å². The number of hydrogen-bond acceptors (Lipinski definition) is 3. The van der Waals surface area contributed by atoms with Gasteiger partial charge in [-0.25, -0.2) is 4.98 Å². The fourth-order valence-electron chi connectivity index (χ4n) is 3.69. The van der Waals surface area contributed by atoms with Crippen LogP contribution in [0.2, 0.25) is 5.02 Å². The van der Waals surface area contributed by atoms with Crippen molar-refractivity contribution in [1.29, 1.82) is 0 Å². The first kappa shape index (κ1) is 19.2. The first-order chi connectivity index (χ1) is 13.5. The fourth-order valence-corrected chi connectivity index (χ4v) is 4.17. The third kappa shape index (κ3) is 3.87. The summed E-state index contributed by atoms with van der Waals surface area (Å²) in [6.07, 6.45) is 3.55. The Morgan fingerprint density at radius 2 is 2.00 bits per heavy atom. The van der Waals surface area contributed by atoms with Crippen LogP contribution in [0, 0.1) is 13.0 Å². The van der Waals surface area contributed by atoms with Crippen LogP contribution in [0.25, 0.3) is 10.9 Å². The Kier molecular flexibility index (Phi) is 5.56. The van der Waals surface area contributed by atoms with Gasteiger partial charge in [0.15, 0.2) is 0 Å². The molecule has 1 saturated heterocycles. The first-order valence-electron chi connectivity index (χ1n) is 9.36. The molecule has 0 spiro atoms. The summed E-state index contributed by atoms with van der Waals surface area (Å²) < 4.78 is 0.916. The van der Waals surface area contributed by atoms with Gasteiger partial charge in [0.1, 0.15) is 5.82 Å². The second kappa shape index (κ2) is 8.10. The molecule has 0 saturated carbocycles. The smallest absolute Gasteiger partial charge is 0.256 e. The van der Waals surface area contributed by atoms with Crippen LogP contribution in [0.5, 0.6) is 0 Å². The highest BCUT2D eigenvalue weighted by Gasteiger charge is 2.22. The largest absolute Gasteiger partial charge is 0.356 e. The molecule has 1 aromatic heterocycles. The van der Waals surface area contributed by atoms with Crippen LogP contribution in [0.15, 0.2) is 40.9 Å². The number of carbonyl (C=O) groups is 1. The summed E-state index contributed by atoms with van der Waals surface area (Å²) in [6.45, 7) is 3.93. The molecule has 1 radical (unpaired) electrons. The van der Waals surface area contributed by atoms with Crippen molar-refractivity contribution in [2.45, 2.75) is 26.2 Å². The standard InChI is InChI=1S/C22H20BrClN3O/c1-14-20(22(28)25-17-8-6-16(24)7-9-17)18-13-15(23)5-10-19(18)26-21(14)27-11-3-2-4-12-27/h5-8,10,13H,2-4,11-12H2,1H3,(H,25,28). The molecule has 1 amide bonds. The van der Waals surface area contributed by atoms with Gasteiger partial charge in [-0.05, 0) is 62.6 Å². The number of aromatic nitrogens is 1. The summed E-state index contributed by atoms with van der Waals surface area (Å²) in [5.74, 6) is 0.736. The number of nitrogens with zero attached hydrogens (tertiary/aromatic N) is 2. The van der Waals surface area contributed by atoms with E-state index in [4.69, 9.17) is 16.6 Å². The summed E-state index contributed by atoms with van der Waals surface area (Å²) in [6, 6.07) is 14.0. The Hall–Kier alpha value is -2.11. The van der Waals surface area contributed by atoms with Crippen LogP contribution in [0.3, 0.4) is 0 Å². The van der Waals surface area contributed by atoms with Gasteiger partial charge >= 0.3 is 0 Å². The van der Waals surface area contributed by atoms with E-state index < -0.39 is 0 Å². The highest BCUT2D eigenvalue weighted by atomic mass is 79.9. The zero-order chi connectivity index (χ0) is 19.7. The molecule has 3 aromatic rings. The zero-order valence-electron chi connectivity index (χ0n) is 15.6. The fraction of sp³-hybridized carbons (Fsp3) is 0.273. The van der Waals surface area contributed by atoms with Crippen molar-refractivity contribution in [3.63, 3.8) is 0 Å². The summed E-state index contributed by atoms with van der Waals surface area (Å²) >= 11 is 9.45. The number of fused-ring (bicyclic) bond motifs is 1. The Balaban J connectivity index is 1.81. The summed E-state index contributed by atoms with van der Waals surface area (Å²) in [5, 5.41) is 4.37. The Labute approximate surface area is 178 Å². The SMILES string of the molecule is Cc1c(N2CCCCC2)nc2ccc(Br)cc2c1C(=O)Nc1[c]cc(Cl)cc1. The van der Waals surface area contributed by atoms with Gasteiger partial charge in [-0.1, -0.05) is 27.5 Å². The molecule has 143 valence electrons. The topological polar surface area (TPSA) is 45.2 Å². The van der Waals surface area contributed by atoms with Crippen LogP contribution in [-0.4, -0.2) is 24.0 Å². The predicted molar refractivity (Wildman–Crippen MR) is 118 cm³/mol. The van der Waals surface area contributed by atoms with Crippen molar-refractivity contribution >= 4 is 55.8 Å². The maximum Gasteiger partial charge on any atom is 0.256 e. The highest BCUT2D eigenvalue weighted by molar-refractivity contribution is 9.10. The molecule has 1 aliphatic rings. The van der Waals surface area contributed by atoms with Crippen LogP contribution < -0.4 is 10.2 Å². The lowest BCUT2D eigenvalue weighted by Gasteiger charge is -2.30. The molecule has 0 aliphatic carbocycles. The summed E-state index contributed by atoms with van der Waals surface area (Å²) in [4.78, 5) is 20.5. The third-order valence-electron chi connectivity index (χ3n) is 5.07. The lowest BCUT2D eigenvalue weighted by Crippen LogP contribution is -2.31. The maximum atomic E-state index is 13.3. The number of rotatable bonds is 3. The van der Waals surface area contributed by atoms with Gasteiger partial charge in [0.05, 0.1) is 11.1 Å². The van der Waals surface area contributed by atoms with Gasteiger partial charge in [-0.2, -0.15) is 0 Å². The molecule has 4 rings (SSSR count). The summed E-state index contributed by atoms with van der Waals surface area (Å²) in [5.41, 5.74) is 2.96. The average Bonchev–Trinajstić information content (AvgIpc) is 2.70. The van der Waals surface area contributed by atoms with Crippen molar-refractivity contribution < 1.29 is 4.79 Å². The van der Waals surface area contributed by atoms with Crippen molar-refractivity contribution in [3.05, 3.63) is 63.1 Å². The van der Waals surface area contributed by atoms with Gasteiger partial charge < -0.3 is 10.2 Å². The second-order valence-corrected chi connectivity index (χ2v) is 8.37. The molecule has 0 bridgehead atoms. The lowest BCUT2D eigenvalue weighted by molar-refractivity contribution is 0.102. The Morgan fingerprint density at radius 3 is 2.71 bits per heavy atom. The zero-order valence-corrected chi connectivity index (χ0v) is 17.9. The number of amides is 1. The van der Waals surface area contributed by atoms with E-state index in [0.717, 1.165) is 52.7 Å². The average molecular weight is 458 g/mol. The maximum absolute atomic E-state index is 13.3. The molecule has 0 unspecified atom stereocenters. The van der Waals surface area contributed by atoms with Gasteiger partial charge in [0, 0.05) is 45.3 Å². The minimum Gasteiger partial charge on any atom is -0.356 e. The molecule has 1 N–H and O–H groups in total. The number of anilines is 2. The number of nitrogens with one attached hydrogen (secondary N) is 1. The minimum atomic E-state index is -0.167. The normalized spacial score (nSPS) is 14.3. The predicted octanol–water partition coefficient (Wildman–Crippen LogP) is 6.00. The quantitative estimate of drug-likeness (QED) is 0.524. The number of hydrogen-bond donors (Lipinski definition) is 1. The second-order valence-electron chi connectivity index (χ2n) is 7.02. The molecule has 2 heterocycles. The molecule has 28 heavy (non-hydrogen) atoms. The molecule has 1 fully saturated rings. The van der Waals surface area contributed by atoms with Crippen LogP contribution in [-0.2, 0) is 0 Å². The lowest BCUT2D eigenvalue weighted by atomic mass is 10.0. The van der Waals surface area contributed by atoms with Crippen molar-refractivity contribution in [2.75, 3.05) is 23.3 Å². The van der Waals surface area contributed by atoms with E-state index in [9.17, 15) is 4.79 Å². The van der Waals surface area contributed by atoms with E-state index in [-0.39, 0.29) is 5.91 Å². The molecule has 2 aromatic carbocycles. The molecular formula is C22H20BrClN3O. The van der Waals surface area contributed by atoms with E-state index >= 15 is 0 Å². The number of piperidine rings is 1. The Bertz CT molecular complexity index is 1030. The van der Waals surface area contributed by atoms with Crippen LogP contribution in [0.1, 0.15) is 35.2 Å². The van der Waals surface area contributed by atoms with Crippen LogP contribution in [0.4, 0.5) is 11.5 Å². The monoisotopic (exact) mass is 456 g/mol. The third-order valence-corrected chi connectivity index (χ3v) is 5.80. The number of carbonyl (C=O) groups excluding carboxylic acids is 1. The molecule has 6 heteroatoms. The molecule has 0 atom stereocenters. The Morgan fingerprint density at radius 1 is 1.21 bits per heavy atom. The van der Waals surface area contributed by atoms with Gasteiger partial charge in [0.2, 0.25) is 0 Å². The number of benzene rings is 2. The minimum absolute atomic E-state index is 0.167. The van der Waals surface area contributed by atoms with Gasteiger partial charge in [0.25, 0.3) is 5.91 Å². The van der Waals surface area contributed by atoms with E-state index in [1.807, 2.05) is 25.1 Å². The van der Waals surface area contributed by atoms with E-state index in [1.54, 1.807) is 18.2 Å². The van der Waals surface area contributed by atoms with Crippen molar-refractivity contribution in [2.24, 2.45) is 0 Å². The van der Waals surface area contributed by atoms with Crippen molar-refractivity contribution in [3.8, 4) is 0 Å². The highest BCUT2D eigenvalue weighted by Crippen LogP contribution is 2.32. The molecular weight excluding hydrogens is 438 g/mol. The molecule has 1 aliphatic heterocycles. The van der Waals surface area contributed by atoms with Crippen LogP contribution >= 0.6 is 27.5 Å². The van der Waals surface area contributed by atoms with Crippen molar-refractivity contribution in [1.82, 2.24) is 4.98 Å². The molecule has 4 nitrogen and oxygen atoms in total. The van der Waals surface area contributed by atoms with Gasteiger partial charge in [-0.15, -0.1) is 0 Å². The summed E-state index contributed by atoms with van der Waals surface area (Å²) in [7, 11) is 0. The first-order valence-corrected chi connectivity index (χ1v) is 10.5. The number of pyridine rings is 1. The van der Waals surface area contributed by atoms with E-state index in [1.165, 1.54) is 6.42 Å².